The van der Waals surface area contributed by atoms with Crippen LogP contribution in [0.3, 0.4) is 0 Å². The van der Waals surface area contributed by atoms with Crippen molar-refractivity contribution in [3.8, 4) is 0 Å². The molecule has 2 saturated heterocycles. The van der Waals surface area contributed by atoms with Crippen LogP contribution in [0.4, 0.5) is 5.95 Å². The van der Waals surface area contributed by atoms with E-state index in [0.717, 1.165) is 49.3 Å². The Morgan fingerprint density at radius 2 is 2.00 bits per heavy atom. The molecular formula is C17H24N4O3S. The predicted molar refractivity (Wildman–Crippen MR) is 93.4 cm³/mol. The lowest BCUT2D eigenvalue weighted by Gasteiger charge is -2.30. The lowest BCUT2D eigenvalue weighted by Crippen LogP contribution is -2.39. The van der Waals surface area contributed by atoms with Crippen molar-refractivity contribution in [2.24, 2.45) is 5.92 Å². The van der Waals surface area contributed by atoms with Crippen LogP contribution in [0.15, 0.2) is 6.20 Å². The van der Waals surface area contributed by atoms with Crippen molar-refractivity contribution in [1.29, 1.82) is 0 Å². The SMILES string of the molecule is O=S1(=O)Cc2cnc(N3CCOCC3)nc2[C@@H]2CN(CC3CC3)C[C@@H]21. The fraction of sp³-hybridized carbons (Fsp3) is 0.765. The number of sulfone groups is 1. The molecule has 8 heteroatoms. The van der Waals surface area contributed by atoms with Gasteiger partial charge in [-0.1, -0.05) is 0 Å². The van der Waals surface area contributed by atoms with Crippen LogP contribution in [0.5, 0.6) is 0 Å². The van der Waals surface area contributed by atoms with Gasteiger partial charge >= 0.3 is 0 Å². The molecule has 0 bridgehead atoms. The number of fused-ring (bicyclic) bond motifs is 3. The topological polar surface area (TPSA) is 75.6 Å². The van der Waals surface area contributed by atoms with Crippen molar-refractivity contribution in [2.45, 2.75) is 29.8 Å². The number of likely N-dealkylation sites (tertiary alicyclic amines) is 1. The molecule has 5 rings (SSSR count). The Bertz CT molecular complexity index is 774. The summed E-state index contributed by atoms with van der Waals surface area (Å²) in [6.45, 7) is 5.48. The number of anilines is 1. The van der Waals surface area contributed by atoms with Crippen LogP contribution in [0.2, 0.25) is 0 Å². The molecule has 0 N–H and O–H groups in total. The van der Waals surface area contributed by atoms with E-state index in [1.807, 2.05) is 0 Å². The number of rotatable bonds is 3. The van der Waals surface area contributed by atoms with Crippen molar-refractivity contribution in [1.82, 2.24) is 14.9 Å². The van der Waals surface area contributed by atoms with Crippen LogP contribution in [0.25, 0.3) is 0 Å². The van der Waals surface area contributed by atoms with Gasteiger partial charge < -0.3 is 14.5 Å². The Morgan fingerprint density at radius 1 is 1.20 bits per heavy atom. The molecule has 136 valence electrons. The highest BCUT2D eigenvalue weighted by atomic mass is 32.2. The highest BCUT2D eigenvalue weighted by Crippen LogP contribution is 2.41. The summed E-state index contributed by atoms with van der Waals surface area (Å²) in [5.41, 5.74) is 1.76. The van der Waals surface area contributed by atoms with E-state index in [1.54, 1.807) is 6.20 Å². The first kappa shape index (κ1) is 16.0. The number of nitrogens with zero attached hydrogens (tertiary/aromatic N) is 4. The van der Waals surface area contributed by atoms with Gasteiger partial charge in [0, 0.05) is 50.4 Å². The zero-order chi connectivity index (χ0) is 17.0. The summed E-state index contributed by atoms with van der Waals surface area (Å²) in [6.07, 6.45) is 4.32. The van der Waals surface area contributed by atoms with E-state index in [0.29, 0.717) is 19.8 Å². The molecule has 4 aliphatic rings. The van der Waals surface area contributed by atoms with Gasteiger partial charge in [-0.2, -0.15) is 0 Å². The summed E-state index contributed by atoms with van der Waals surface area (Å²) >= 11 is 0. The van der Waals surface area contributed by atoms with Gasteiger partial charge in [0.15, 0.2) is 9.84 Å². The Balaban J connectivity index is 1.47. The number of morpholine rings is 1. The molecule has 3 fully saturated rings. The van der Waals surface area contributed by atoms with Crippen molar-refractivity contribution in [2.75, 3.05) is 50.8 Å². The maximum absolute atomic E-state index is 12.8. The van der Waals surface area contributed by atoms with Gasteiger partial charge in [-0.05, 0) is 18.8 Å². The third-order valence-corrected chi connectivity index (χ3v) is 8.02. The van der Waals surface area contributed by atoms with Gasteiger partial charge in [0.2, 0.25) is 5.95 Å². The molecule has 1 saturated carbocycles. The van der Waals surface area contributed by atoms with Crippen LogP contribution in [-0.2, 0) is 20.3 Å². The second-order valence-corrected chi connectivity index (χ2v) is 10.0. The maximum Gasteiger partial charge on any atom is 0.225 e. The van der Waals surface area contributed by atoms with Gasteiger partial charge in [-0.15, -0.1) is 0 Å². The molecule has 0 spiro atoms. The summed E-state index contributed by atoms with van der Waals surface area (Å²) in [5, 5.41) is -0.300. The zero-order valence-electron chi connectivity index (χ0n) is 14.3. The number of hydrogen-bond acceptors (Lipinski definition) is 7. The summed E-state index contributed by atoms with van der Waals surface area (Å²) in [5.74, 6) is 1.58. The Morgan fingerprint density at radius 3 is 2.76 bits per heavy atom. The minimum absolute atomic E-state index is 0.00436. The van der Waals surface area contributed by atoms with Crippen LogP contribution < -0.4 is 4.90 Å². The number of aromatic nitrogens is 2. The van der Waals surface area contributed by atoms with Gasteiger partial charge in [-0.25, -0.2) is 18.4 Å². The summed E-state index contributed by atoms with van der Waals surface area (Å²) in [4.78, 5) is 13.8. The van der Waals surface area contributed by atoms with E-state index in [9.17, 15) is 8.42 Å². The molecule has 3 aliphatic heterocycles. The van der Waals surface area contributed by atoms with Gasteiger partial charge in [0.05, 0.1) is 29.9 Å². The predicted octanol–water partition coefficient (Wildman–Crippen LogP) is 0.419. The molecule has 0 amide bonds. The standard InChI is InChI=1S/C17H24N4O3S/c22-25(23)11-13-7-18-17(21-3-5-24-6-4-21)19-16(13)14-9-20(10-15(14)25)8-12-1-2-12/h7,12,14-15H,1-6,8-11H2/t14-,15+/m1/s1. The monoisotopic (exact) mass is 364 g/mol. The molecule has 0 unspecified atom stereocenters. The maximum atomic E-state index is 12.8. The Hall–Kier alpha value is -1.25. The lowest BCUT2D eigenvalue weighted by atomic mass is 10.00. The van der Waals surface area contributed by atoms with Crippen molar-refractivity contribution in [3.05, 3.63) is 17.5 Å². The Labute approximate surface area is 148 Å². The van der Waals surface area contributed by atoms with Crippen LogP contribution in [-0.4, -0.2) is 74.5 Å². The van der Waals surface area contributed by atoms with Crippen LogP contribution >= 0.6 is 0 Å². The van der Waals surface area contributed by atoms with E-state index < -0.39 is 9.84 Å². The molecule has 2 atom stereocenters. The molecule has 7 nitrogen and oxygen atoms in total. The molecular weight excluding hydrogens is 340 g/mol. The molecule has 1 aromatic rings. The second-order valence-electron chi connectivity index (χ2n) is 7.79. The van der Waals surface area contributed by atoms with E-state index >= 15 is 0 Å². The van der Waals surface area contributed by atoms with Crippen LogP contribution in [0.1, 0.15) is 30.0 Å². The molecule has 1 aromatic heterocycles. The lowest BCUT2D eigenvalue weighted by molar-refractivity contribution is 0.122. The first-order valence-corrected chi connectivity index (χ1v) is 10.9. The largest absolute Gasteiger partial charge is 0.378 e. The third kappa shape index (κ3) is 2.94. The van der Waals surface area contributed by atoms with Gasteiger partial charge in [0.25, 0.3) is 0 Å². The van der Waals surface area contributed by atoms with Gasteiger partial charge in [0.1, 0.15) is 0 Å². The van der Waals surface area contributed by atoms with E-state index in [2.05, 4.69) is 14.8 Å². The number of hydrogen-bond donors (Lipinski definition) is 0. The van der Waals surface area contributed by atoms with Crippen molar-refractivity contribution >= 4 is 15.8 Å². The zero-order valence-corrected chi connectivity index (χ0v) is 15.1. The van der Waals surface area contributed by atoms with E-state index in [4.69, 9.17) is 9.72 Å². The summed E-state index contributed by atoms with van der Waals surface area (Å²) in [6, 6.07) is 0. The average molecular weight is 364 g/mol. The van der Waals surface area contributed by atoms with E-state index in [1.165, 1.54) is 12.8 Å². The third-order valence-electron chi connectivity index (χ3n) is 5.90. The average Bonchev–Trinajstić information content (AvgIpc) is 3.31. The second kappa shape index (κ2) is 5.89. The van der Waals surface area contributed by atoms with Gasteiger partial charge in [-0.3, -0.25) is 0 Å². The van der Waals surface area contributed by atoms with E-state index in [-0.39, 0.29) is 16.9 Å². The smallest absolute Gasteiger partial charge is 0.225 e. The molecule has 1 aliphatic carbocycles. The van der Waals surface area contributed by atoms with Crippen molar-refractivity contribution < 1.29 is 13.2 Å². The normalized spacial score (nSPS) is 31.6. The molecule has 25 heavy (non-hydrogen) atoms. The highest BCUT2D eigenvalue weighted by molar-refractivity contribution is 7.91. The summed E-state index contributed by atoms with van der Waals surface area (Å²) in [7, 11) is -3.11. The molecule has 0 radical (unpaired) electrons. The highest BCUT2D eigenvalue weighted by Gasteiger charge is 2.48. The van der Waals surface area contributed by atoms with Crippen LogP contribution in [0, 0.1) is 5.92 Å². The minimum Gasteiger partial charge on any atom is -0.378 e. The summed E-state index contributed by atoms with van der Waals surface area (Å²) < 4.78 is 30.9. The first-order chi connectivity index (χ1) is 12.1. The van der Waals surface area contributed by atoms with Crippen molar-refractivity contribution in [3.63, 3.8) is 0 Å². The fourth-order valence-electron chi connectivity index (χ4n) is 4.37. The molecule has 4 heterocycles. The molecule has 0 aromatic carbocycles. The Kier molecular flexibility index (Phi) is 3.76. The number of ether oxygens (including phenoxy) is 1. The minimum atomic E-state index is -3.11. The fourth-order valence-corrected chi connectivity index (χ4v) is 6.40. The quantitative estimate of drug-likeness (QED) is 0.769. The first-order valence-electron chi connectivity index (χ1n) is 9.22.